The zero-order chi connectivity index (χ0) is 19.3. The summed E-state index contributed by atoms with van der Waals surface area (Å²) in [5, 5.41) is 6.91. The van der Waals surface area contributed by atoms with Crippen molar-refractivity contribution in [2.45, 2.75) is 6.92 Å². The van der Waals surface area contributed by atoms with Crippen molar-refractivity contribution in [3.8, 4) is 17.4 Å². The zero-order valence-electron chi connectivity index (χ0n) is 14.9. The standard InChI is InChI=1S/C19H15N7O2/c1-13-23-17(26-10-2-7-22-26)11-18(24-13)28-15-5-3-14(4-6-15)25-19(27)16-12-20-8-9-21-16/h2-12H,1H3,(H,25,27). The van der Waals surface area contributed by atoms with Gasteiger partial charge in [-0.25, -0.2) is 14.6 Å². The number of hydrogen-bond donors (Lipinski definition) is 1. The maximum atomic E-state index is 12.1. The van der Waals surface area contributed by atoms with E-state index in [0.29, 0.717) is 29.0 Å². The van der Waals surface area contributed by atoms with E-state index in [1.807, 2.05) is 6.07 Å². The molecule has 28 heavy (non-hydrogen) atoms. The van der Waals surface area contributed by atoms with Crippen LogP contribution in [-0.4, -0.2) is 35.6 Å². The molecule has 0 spiro atoms. The molecule has 3 heterocycles. The number of hydrogen-bond acceptors (Lipinski definition) is 7. The fourth-order valence-corrected chi connectivity index (χ4v) is 2.44. The molecule has 4 aromatic rings. The highest BCUT2D eigenvalue weighted by molar-refractivity contribution is 6.02. The predicted molar refractivity (Wildman–Crippen MR) is 100 cm³/mol. The van der Waals surface area contributed by atoms with Gasteiger partial charge in [0.2, 0.25) is 5.88 Å². The number of nitrogens with zero attached hydrogens (tertiary/aromatic N) is 6. The first-order valence-electron chi connectivity index (χ1n) is 8.38. The Bertz CT molecular complexity index is 1080. The summed E-state index contributed by atoms with van der Waals surface area (Å²) < 4.78 is 7.45. The van der Waals surface area contributed by atoms with Crippen molar-refractivity contribution < 1.29 is 9.53 Å². The lowest BCUT2D eigenvalue weighted by Crippen LogP contribution is -2.13. The molecule has 3 aromatic heterocycles. The Hall–Kier alpha value is -4.14. The SMILES string of the molecule is Cc1nc(Oc2ccc(NC(=O)c3cnccn3)cc2)cc(-n2cccn2)n1. The number of aryl methyl sites for hydroxylation is 1. The van der Waals surface area contributed by atoms with Crippen molar-refractivity contribution in [1.29, 1.82) is 0 Å². The van der Waals surface area contributed by atoms with E-state index in [2.05, 4.69) is 30.4 Å². The fraction of sp³-hybridized carbons (Fsp3) is 0.0526. The molecule has 0 bridgehead atoms. The number of carbonyl (C=O) groups excluding carboxylic acids is 1. The Kier molecular flexibility index (Phi) is 4.70. The van der Waals surface area contributed by atoms with E-state index in [4.69, 9.17) is 4.74 Å². The number of nitrogens with one attached hydrogen (secondary N) is 1. The maximum absolute atomic E-state index is 12.1. The van der Waals surface area contributed by atoms with Crippen LogP contribution in [0, 0.1) is 6.92 Å². The summed E-state index contributed by atoms with van der Waals surface area (Å²) in [6.07, 6.45) is 7.84. The van der Waals surface area contributed by atoms with Crippen molar-refractivity contribution in [2.75, 3.05) is 5.32 Å². The van der Waals surface area contributed by atoms with E-state index in [1.54, 1.807) is 54.3 Å². The average Bonchev–Trinajstić information content (AvgIpc) is 3.25. The maximum Gasteiger partial charge on any atom is 0.275 e. The van der Waals surface area contributed by atoms with Crippen molar-refractivity contribution in [2.24, 2.45) is 0 Å². The third-order valence-electron chi connectivity index (χ3n) is 3.67. The Morgan fingerprint density at radius 1 is 1.11 bits per heavy atom. The summed E-state index contributed by atoms with van der Waals surface area (Å²) in [5.74, 6) is 1.81. The van der Waals surface area contributed by atoms with Gasteiger partial charge in [-0.1, -0.05) is 0 Å². The zero-order valence-corrected chi connectivity index (χ0v) is 14.9. The molecule has 0 aliphatic heterocycles. The van der Waals surface area contributed by atoms with Crippen LogP contribution in [0.15, 0.2) is 67.4 Å². The van der Waals surface area contributed by atoms with Crippen molar-refractivity contribution in [1.82, 2.24) is 29.7 Å². The van der Waals surface area contributed by atoms with E-state index in [0.717, 1.165) is 0 Å². The third kappa shape index (κ3) is 3.98. The molecule has 0 saturated carbocycles. The Morgan fingerprint density at radius 2 is 1.96 bits per heavy atom. The van der Waals surface area contributed by atoms with Crippen LogP contribution in [0.4, 0.5) is 5.69 Å². The van der Waals surface area contributed by atoms with Crippen LogP contribution < -0.4 is 10.1 Å². The van der Waals surface area contributed by atoms with Crippen LogP contribution in [-0.2, 0) is 0 Å². The van der Waals surface area contributed by atoms with Gasteiger partial charge in [-0.3, -0.25) is 9.78 Å². The minimum atomic E-state index is -0.336. The topological polar surface area (TPSA) is 108 Å². The molecule has 4 rings (SSSR count). The van der Waals surface area contributed by atoms with E-state index < -0.39 is 0 Å². The van der Waals surface area contributed by atoms with Crippen LogP contribution in [0.5, 0.6) is 11.6 Å². The molecule has 0 radical (unpaired) electrons. The molecular weight excluding hydrogens is 358 g/mol. The second-order valence-corrected chi connectivity index (χ2v) is 5.73. The molecule has 1 aromatic carbocycles. The highest BCUT2D eigenvalue weighted by atomic mass is 16.5. The largest absolute Gasteiger partial charge is 0.439 e. The first kappa shape index (κ1) is 17.3. The highest BCUT2D eigenvalue weighted by Gasteiger charge is 2.09. The average molecular weight is 373 g/mol. The lowest BCUT2D eigenvalue weighted by atomic mass is 10.3. The number of benzene rings is 1. The first-order chi connectivity index (χ1) is 13.7. The number of carbonyl (C=O) groups is 1. The van der Waals surface area contributed by atoms with Gasteiger partial charge in [-0.05, 0) is 37.3 Å². The van der Waals surface area contributed by atoms with Gasteiger partial charge < -0.3 is 10.1 Å². The predicted octanol–water partition coefficient (Wildman–Crippen LogP) is 2.81. The van der Waals surface area contributed by atoms with Crippen LogP contribution in [0.1, 0.15) is 16.3 Å². The Morgan fingerprint density at radius 3 is 2.68 bits per heavy atom. The Labute approximate surface area is 160 Å². The van der Waals surface area contributed by atoms with Crippen LogP contribution >= 0.6 is 0 Å². The van der Waals surface area contributed by atoms with Crippen molar-refractivity contribution in [3.63, 3.8) is 0 Å². The summed E-state index contributed by atoms with van der Waals surface area (Å²) in [6, 6.07) is 10.4. The normalized spacial score (nSPS) is 10.5. The molecule has 1 N–H and O–H groups in total. The number of ether oxygens (including phenoxy) is 1. The molecule has 9 nitrogen and oxygen atoms in total. The van der Waals surface area contributed by atoms with Gasteiger partial charge in [0.15, 0.2) is 5.82 Å². The second-order valence-electron chi connectivity index (χ2n) is 5.73. The first-order valence-corrected chi connectivity index (χ1v) is 8.38. The summed E-state index contributed by atoms with van der Waals surface area (Å²) in [6.45, 7) is 1.78. The third-order valence-corrected chi connectivity index (χ3v) is 3.67. The molecular formula is C19H15N7O2. The number of anilines is 1. The van der Waals surface area contributed by atoms with E-state index in [9.17, 15) is 4.79 Å². The minimum absolute atomic E-state index is 0.241. The molecule has 9 heteroatoms. The molecule has 1 amide bonds. The molecule has 0 unspecified atom stereocenters. The van der Waals surface area contributed by atoms with Gasteiger partial charge in [0.05, 0.1) is 6.20 Å². The van der Waals surface area contributed by atoms with Crippen LogP contribution in [0.3, 0.4) is 0 Å². The lowest BCUT2D eigenvalue weighted by molar-refractivity contribution is 0.102. The summed E-state index contributed by atoms with van der Waals surface area (Å²) in [4.78, 5) is 28.6. The van der Waals surface area contributed by atoms with Crippen LogP contribution in [0.2, 0.25) is 0 Å². The van der Waals surface area contributed by atoms with E-state index in [-0.39, 0.29) is 11.6 Å². The molecule has 138 valence electrons. The second kappa shape index (κ2) is 7.62. The number of amides is 1. The van der Waals surface area contributed by atoms with Gasteiger partial charge in [-0.2, -0.15) is 10.1 Å². The van der Waals surface area contributed by atoms with Gasteiger partial charge >= 0.3 is 0 Å². The molecule has 0 atom stereocenters. The fourth-order valence-electron chi connectivity index (χ4n) is 2.44. The molecule has 0 saturated heterocycles. The van der Waals surface area contributed by atoms with Gasteiger partial charge in [0.25, 0.3) is 5.91 Å². The minimum Gasteiger partial charge on any atom is -0.439 e. The molecule has 0 aliphatic carbocycles. The quantitative estimate of drug-likeness (QED) is 0.573. The van der Waals surface area contributed by atoms with Gasteiger partial charge in [0, 0.05) is 36.5 Å². The highest BCUT2D eigenvalue weighted by Crippen LogP contribution is 2.23. The van der Waals surface area contributed by atoms with Crippen molar-refractivity contribution in [3.05, 3.63) is 78.9 Å². The molecule has 0 aliphatic rings. The lowest BCUT2D eigenvalue weighted by Gasteiger charge is -2.09. The monoisotopic (exact) mass is 373 g/mol. The van der Waals surface area contributed by atoms with Crippen molar-refractivity contribution >= 4 is 11.6 Å². The summed E-state index contributed by atoms with van der Waals surface area (Å²) >= 11 is 0. The Balaban J connectivity index is 1.47. The summed E-state index contributed by atoms with van der Waals surface area (Å²) in [7, 11) is 0. The molecule has 0 fully saturated rings. The smallest absolute Gasteiger partial charge is 0.275 e. The van der Waals surface area contributed by atoms with Gasteiger partial charge in [0.1, 0.15) is 17.3 Å². The van der Waals surface area contributed by atoms with Crippen LogP contribution in [0.25, 0.3) is 5.82 Å². The van der Waals surface area contributed by atoms with E-state index >= 15 is 0 Å². The number of rotatable bonds is 5. The van der Waals surface area contributed by atoms with Gasteiger partial charge in [-0.15, -0.1) is 0 Å². The van der Waals surface area contributed by atoms with E-state index in [1.165, 1.54) is 18.6 Å². The summed E-state index contributed by atoms with van der Waals surface area (Å²) in [5.41, 5.74) is 0.851. The number of aromatic nitrogens is 6.